The Morgan fingerprint density at radius 2 is 1.64 bits per heavy atom. The van der Waals surface area contributed by atoms with Gasteiger partial charge in [-0.3, -0.25) is 4.79 Å². The van der Waals surface area contributed by atoms with Crippen LogP contribution in [0.25, 0.3) is 0 Å². The van der Waals surface area contributed by atoms with Gasteiger partial charge < -0.3 is 11.1 Å². The summed E-state index contributed by atoms with van der Waals surface area (Å²) in [6.45, 7) is 9.92. The van der Waals surface area contributed by atoms with Gasteiger partial charge in [0.1, 0.15) is 0 Å². The molecule has 0 rings (SSSR count). The average molecular weight is 160 g/mol. The lowest BCUT2D eigenvalue weighted by atomic mass is 10.2. The minimum atomic E-state index is -0.241. The molecule has 3 heteroatoms. The molecule has 0 aromatic carbocycles. The van der Waals surface area contributed by atoms with Gasteiger partial charge >= 0.3 is 0 Å². The quantitative estimate of drug-likeness (QED) is 0.640. The van der Waals surface area contributed by atoms with Gasteiger partial charge in [-0.1, -0.05) is 27.7 Å². The average Bonchev–Trinajstić information content (AvgIpc) is 1.90. The van der Waals surface area contributed by atoms with Crippen molar-refractivity contribution in [3.8, 4) is 0 Å². The van der Waals surface area contributed by atoms with Crippen molar-refractivity contribution in [1.29, 1.82) is 0 Å². The summed E-state index contributed by atoms with van der Waals surface area (Å²) >= 11 is 0. The Labute approximate surface area is 69.4 Å². The van der Waals surface area contributed by atoms with Crippen LogP contribution in [0, 0.1) is 5.92 Å². The number of amides is 1. The zero-order valence-electron chi connectivity index (χ0n) is 7.98. The zero-order valence-corrected chi connectivity index (χ0v) is 7.98. The normalized spacial score (nSPS) is 8.82. The number of carbonyl (C=O) groups is 1. The van der Waals surface area contributed by atoms with Crippen molar-refractivity contribution in [3.63, 3.8) is 0 Å². The Bertz CT molecular complexity index is 90.1. The van der Waals surface area contributed by atoms with E-state index in [1.165, 1.54) is 0 Å². The first kappa shape index (κ1) is 13.1. The van der Waals surface area contributed by atoms with Gasteiger partial charge in [-0.05, 0) is 13.1 Å². The van der Waals surface area contributed by atoms with Crippen LogP contribution in [-0.2, 0) is 4.79 Å². The maximum atomic E-state index is 9.92. The molecule has 0 aliphatic heterocycles. The van der Waals surface area contributed by atoms with Gasteiger partial charge in [0.2, 0.25) is 5.91 Å². The molecule has 0 heterocycles. The van der Waals surface area contributed by atoms with E-state index < -0.39 is 0 Å². The molecule has 0 spiro atoms. The lowest BCUT2D eigenvalue weighted by Gasteiger charge is -1.90. The van der Waals surface area contributed by atoms with Crippen LogP contribution in [0.2, 0.25) is 0 Å². The number of nitrogens with one attached hydrogen (secondary N) is 1. The monoisotopic (exact) mass is 160 g/mol. The smallest absolute Gasteiger partial charge is 0.219 e. The largest absolute Gasteiger partial charge is 0.369 e. The number of primary amides is 1. The summed E-state index contributed by atoms with van der Waals surface area (Å²) in [7, 11) is 0. The highest BCUT2D eigenvalue weighted by molar-refractivity contribution is 5.75. The van der Waals surface area contributed by atoms with E-state index in [4.69, 9.17) is 5.73 Å². The molecular weight excluding hydrogens is 140 g/mol. The van der Waals surface area contributed by atoms with Gasteiger partial charge in [0.15, 0.2) is 0 Å². The van der Waals surface area contributed by atoms with Gasteiger partial charge in [-0.2, -0.15) is 0 Å². The number of hydrogen-bond acceptors (Lipinski definition) is 2. The molecular formula is C8H20N2O. The molecule has 0 bridgehead atoms. The van der Waals surface area contributed by atoms with Crippen molar-refractivity contribution >= 4 is 5.91 Å². The molecule has 0 atom stereocenters. The minimum absolute atomic E-state index is 0.00926. The standard InChI is InChI=1S/C4H9NO.C4H11N/c1-3(2)4(5)6;1-3-5-4-2/h3H,1-2H3,(H2,5,6);5H,3-4H2,1-2H3. The van der Waals surface area contributed by atoms with Crippen LogP contribution in [0.4, 0.5) is 0 Å². The Morgan fingerprint density at radius 3 is 1.64 bits per heavy atom. The van der Waals surface area contributed by atoms with Crippen LogP contribution < -0.4 is 11.1 Å². The lowest BCUT2D eigenvalue weighted by molar-refractivity contribution is -0.120. The van der Waals surface area contributed by atoms with E-state index in [1.54, 1.807) is 13.8 Å². The van der Waals surface area contributed by atoms with Crippen LogP contribution in [-0.4, -0.2) is 19.0 Å². The summed E-state index contributed by atoms with van der Waals surface area (Å²) in [6, 6.07) is 0. The molecule has 1 amide bonds. The SMILES string of the molecule is CC(C)C(N)=O.CCNCC. The third-order valence-electron chi connectivity index (χ3n) is 1.07. The van der Waals surface area contributed by atoms with Crippen molar-refractivity contribution < 1.29 is 4.79 Å². The molecule has 0 aromatic heterocycles. The van der Waals surface area contributed by atoms with E-state index in [2.05, 4.69) is 19.2 Å². The van der Waals surface area contributed by atoms with E-state index in [9.17, 15) is 4.79 Å². The molecule has 0 radical (unpaired) electrons. The predicted octanol–water partition coefficient (Wildman–Crippen LogP) is 0.743. The van der Waals surface area contributed by atoms with Crippen LogP contribution >= 0.6 is 0 Å². The second-order valence-corrected chi connectivity index (χ2v) is 2.51. The third-order valence-corrected chi connectivity index (χ3v) is 1.07. The van der Waals surface area contributed by atoms with E-state index in [0.29, 0.717) is 0 Å². The Hall–Kier alpha value is -0.570. The Morgan fingerprint density at radius 1 is 1.36 bits per heavy atom. The van der Waals surface area contributed by atoms with Gasteiger partial charge in [-0.25, -0.2) is 0 Å². The van der Waals surface area contributed by atoms with E-state index in [-0.39, 0.29) is 11.8 Å². The summed E-state index contributed by atoms with van der Waals surface area (Å²) in [4.78, 5) is 9.92. The fourth-order valence-electron chi connectivity index (χ4n) is 0.250. The molecule has 11 heavy (non-hydrogen) atoms. The molecule has 0 saturated carbocycles. The van der Waals surface area contributed by atoms with Crippen molar-refractivity contribution in [2.24, 2.45) is 11.7 Å². The van der Waals surface area contributed by atoms with Crippen molar-refractivity contribution in [2.45, 2.75) is 27.7 Å². The minimum Gasteiger partial charge on any atom is -0.369 e. The molecule has 0 saturated heterocycles. The molecule has 0 unspecified atom stereocenters. The highest BCUT2D eigenvalue weighted by Crippen LogP contribution is 1.84. The molecule has 3 N–H and O–H groups in total. The second-order valence-electron chi connectivity index (χ2n) is 2.51. The highest BCUT2D eigenvalue weighted by Gasteiger charge is 1.96. The van der Waals surface area contributed by atoms with Crippen LogP contribution in [0.1, 0.15) is 27.7 Å². The summed E-state index contributed by atoms with van der Waals surface area (Å²) in [5.41, 5.74) is 4.80. The molecule has 3 nitrogen and oxygen atoms in total. The number of rotatable bonds is 3. The summed E-state index contributed by atoms with van der Waals surface area (Å²) in [5, 5.41) is 3.11. The Balaban J connectivity index is 0. The van der Waals surface area contributed by atoms with Crippen molar-refractivity contribution in [3.05, 3.63) is 0 Å². The van der Waals surface area contributed by atoms with Crippen LogP contribution in [0.15, 0.2) is 0 Å². The highest BCUT2D eigenvalue weighted by atomic mass is 16.1. The topological polar surface area (TPSA) is 55.1 Å². The second kappa shape index (κ2) is 9.43. The third kappa shape index (κ3) is 17.7. The van der Waals surface area contributed by atoms with Crippen LogP contribution in [0.3, 0.4) is 0 Å². The van der Waals surface area contributed by atoms with Gasteiger partial charge in [0, 0.05) is 5.92 Å². The fraction of sp³-hybridized carbons (Fsp3) is 0.875. The fourth-order valence-corrected chi connectivity index (χ4v) is 0.250. The van der Waals surface area contributed by atoms with E-state index >= 15 is 0 Å². The summed E-state index contributed by atoms with van der Waals surface area (Å²) in [6.07, 6.45) is 0. The maximum absolute atomic E-state index is 9.92. The maximum Gasteiger partial charge on any atom is 0.219 e. The zero-order chi connectivity index (χ0) is 9.28. The summed E-state index contributed by atoms with van der Waals surface area (Å²) in [5.74, 6) is -0.250. The molecule has 0 fully saturated rings. The first-order chi connectivity index (χ1) is 5.06. The molecule has 0 aromatic rings. The molecule has 0 aliphatic carbocycles. The van der Waals surface area contributed by atoms with Gasteiger partial charge in [0.05, 0.1) is 0 Å². The van der Waals surface area contributed by atoms with Gasteiger partial charge in [-0.15, -0.1) is 0 Å². The van der Waals surface area contributed by atoms with Gasteiger partial charge in [0.25, 0.3) is 0 Å². The predicted molar refractivity (Wildman–Crippen MR) is 48.3 cm³/mol. The first-order valence-corrected chi connectivity index (χ1v) is 4.06. The lowest BCUT2D eigenvalue weighted by Crippen LogP contribution is -2.17. The summed E-state index contributed by atoms with van der Waals surface area (Å²) < 4.78 is 0. The number of nitrogens with two attached hydrogens (primary N) is 1. The van der Waals surface area contributed by atoms with E-state index in [0.717, 1.165) is 13.1 Å². The Kier molecular flexibility index (Phi) is 11.2. The van der Waals surface area contributed by atoms with Crippen LogP contribution in [0.5, 0.6) is 0 Å². The molecule has 0 aliphatic rings. The first-order valence-electron chi connectivity index (χ1n) is 4.06. The molecule has 68 valence electrons. The number of hydrogen-bond donors (Lipinski definition) is 2. The number of carbonyl (C=O) groups excluding carboxylic acids is 1. The van der Waals surface area contributed by atoms with E-state index in [1.807, 2.05) is 0 Å². The van der Waals surface area contributed by atoms with Crippen molar-refractivity contribution in [2.75, 3.05) is 13.1 Å². The van der Waals surface area contributed by atoms with Crippen molar-refractivity contribution in [1.82, 2.24) is 5.32 Å².